The highest BCUT2D eigenvalue weighted by atomic mass is 79.9. The molecule has 2 aromatic rings. The third-order valence-electron chi connectivity index (χ3n) is 3.28. The average molecular weight is 458 g/mol. The standard InChI is InChI=1S/C17H14Br2O5/c1-9-3-12(7-11(8-20)16(9)22)24-17-13(18)4-10(5-14(17)19)6-15(21)23-2/h3-5,7-8,22H,6H2,1-2H3. The predicted octanol–water partition coefficient (Wildman–Crippen LogP) is 4.55. The van der Waals surface area contributed by atoms with Crippen LogP contribution in [-0.4, -0.2) is 24.5 Å². The molecule has 7 heteroatoms. The maximum absolute atomic E-state index is 11.4. The molecule has 2 rings (SSSR count). The van der Waals surface area contributed by atoms with Gasteiger partial charge >= 0.3 is 5.97 Å². The number of esters is 1. The summed E-state index contributed by atoms with van der Waals surface area (Å²) < 4.78 is 11.7. The molecule has 0 bridgehead atoms. The number of phenols is 1. The molecular weight excluding hydrogens is 444 g/mol. The van der Waals surface area contributed by atoms with E-state index < -0.39 is 0 Å². The van der Waals surface area contributed by atoms with Crippen LogP contribution in [0.15, 0.2) is 33.2 Å². The summed E-state index contributed by atoms with van der Waals surface area (Å²) in [5, 5.41) is 9.79. The first-order valence-corrected chi connectivity index (χ1v) is 8.45. The van der Waals surface area contributed by atoms with Gasteiger partial charge in [-0.1, -0.05) is 0 Å². The van der Waals surface area contributed by atoms with E-state index in [0.29, 0.717) is 32.3 Å². The summed E-state index contributed by atoms with van der Waals surface area (Å²) in [6.45, 7) is 1.68. The van der Waals surface area contributed by atoms with Crippen LogP contribution in [0, 0.1) is 6.92 Å². The lowest BCUT2D eigenvalue weighted by molar-refractivity contribution is -0.139. The molecule has 24 heavy (non-hydrogen) atoms. The number of hydrogen-bond donors (Lipinski definition) is 1. The Morgan fingerprint density at radius 2 is 1.83 bits per heavy atom. The molecule has 0 saturated heterocycles. The largest absolute Gasteiger partial charge is 0.507 e. The van der Waals surface area contributed by atoms with E-state index in [1.807, 2.05) is 0 Å². The molecule has 0 unspecified atom stereocenters. The number of phenolic OH excluding ortho intramolecular Hbond substituents is 1. The summed E-state index contributed by atoms with van der Waals surface area (Å²) in [7, 11) is 1.33. The second-order valence-corrected chi connectivity index (χ2v) is 6.75. The van der Waals surface area contributed by atoms with E-state index >= 15 is 0 Å². The molecule has 0 radical (unpaired) electrons. The van der Waals surface area contributed by atoms with Gasteiger partial charge in [-0.15, -0.1) is 0 Å². The molecule has 0 saturated carbocycles. The minimum absolute atomic E-state index is 0.0658. The maximum Gasteiger partial charge on any atom is 0.309 e. The van der Waals surface area contributed by atoms with Gasteiger partial charge in [-0.05, 0) is 74.2 Å². The van der Waals surface area contributed by atoms with Crippen LogP contribution in [0.2, 0.25) is 0 Å². The molecule has 126 valence electrons. The number of aldehydes is 1. The van der Waals surface area contributed by atoms with Crippen LogP contribution in [0.3, 0.4) is 0 Å². The van der Waals surface area contributed by atoms with Crippen molar-refractivity contribution in [3.63, 3.8) is 0 Å². The number of carbonyl (C=O) groups excluding carboxylic acids is 2. The first-order valence-electron chi connectivity index (χ1n) is 6.87. The van der Waals surface area contributed by atoms with Crippen molar-refractivity contribution in [1.82, 2.24) is 0 Å². The molecule has 0 atom stereocenters. The Kier molecular flexibility index (Phi) is 6.01. The summed E-state index contributed by atoms with van der Waals surface area (Å²) in [6.07, 6.45) is 0.709. The molecule has 0 amide bonds. The SMILES string of the molecule is COC(=O)Cc1cc(Br)c(Oc2cc(C)c(O)c(C=O)c2)c(Br)c1. The van der Waals surface area contributed by atoms with Crippen LogP contribution in [0.1, 0.15) is 21.5 Å². The van der Waals surface area contributed by atoms with Crippen LogP contribution in [0.5, 0.6) is 17.2 Å². The maximum atomic E-state index is 11.4. The predicted molar refractivity (Wildman–Crippen MR) is 95.9 cm³/mol. The number of methoxy groups -OCH3 is 1. The van der Waals surface area contributed by atoms with Crippen molar-refractivity contribution in [3.8, 4) is 17.2 Å². The number of benzene rings is 2. The van der Waals surface area contributed by atoms with Crippen molar-refractivity contribution in [3.05, 3.63) is 49.9 Å². The number of halogens is 2. The summed E-state index contributed by atoms with van der Waals surface area (Å²) in [5.74, 6) is 0.497. The Morgan fingerprint density at radius 3 is 2.38 bits per heavy atom. The quantitative estimate of drug-likeness (QED) is 0.526. The zero-order valence-electron chi connectivity index (χ0n) is 12.9. The Morgan fingerprint density at radius 1 is 1.21 bits per heavy atom. The Balaban J connectivity index is 2.35. The highest BCUT2D eigenvalue weighted by molar-refractivity contribution is 9.11. The molecule has 0 aromatic heterocycles. The van der Waals surface area contributed by atoms with Crippen LogP contribution < -0.4 is 4.74 Å². The second kappa shape index (κ2) is 7.81. The van der Waals surface area contributed by atoms with E-state index in [4.69, 9.17) is 4.74 Å². The van der Waals surface area contributed by atoms with Gasteiger partial charge < -0.3 is 14.6 Å². The summed E-state index contributed by atoms with van der Waals surface area (Å²) in [4.78, 5) is 22.4. The van der Waals surface area contributed by atoms with Crippen LogP contribution >= 0.6 is 31.9 Å². The van der Waals surface area contributed by atoms with Crippen LogP contribution in [0.4, 0.5) is 0 Å². The van der Waals surface area contributed by atoms with Gasteiger partial charge in [-0.2, -0.15) is 0 Å². The molecule has 5 nitrogen and oxygen atoms in total. The van der Waals surface area contributed by atoms with E-state index in [1.165, 1.54) is 13.2 Å². The van der Waals surface area contributed by atoms with Crippen molar-refractivity contribution in [2.45, 2.75) is 13.3 Å². The fraction of sp³-hybridized carbons (Fsp3) is 0.176. The first-order chi connectivity index (χ1) is 11.3. The fourth-order valence-corrected chi connectivity index (χ4v) is 3.53. The number of hydrogen-bond acceptors (Lipinski definition) is 5. The third kappa shape index (κ3) is 4.15. The number of aryl methyl sites for hydroxylation is 1. The molecular formula is C17H14Br2O5. The van der Waals surface area contributed by atoms with E-state index in [9.17, 15) is 14.7 Å². The molecule has 0 aliphatic carbocycles. The van der Waals surface area contributed by atoms with Crippen LogP contribution in [0.25, 0.3) is 0 Å². The number of rotatable bonds is 5. The molecule has 0 aliphatic heterocycles. The first kappa shape index (κ1) is 18.5. The van der Waals surface area contributed by atoms with Gasteiger partial charge in [0.2, 0.25) is 0 Å². The van der Waals surface area contributed by atoms with Gasteiger partial charge in [0.25, 0.3) is 0 Å². The zero-order chi connectivity index (χ0) is 17.9. The Labute approximate surface area is 155 Å². The lowest BCUT2D eigenvalue weighted by Crippen LogP contribution is -2.04. The van der Waals surface area contributed by atoms with Gasteiger partial charge in [0.1, 0.15) is 11.5 Å². The molecule has 0 spiro atoms. The number of aromatic hydroxyl groups is 1. The monoisotopic (exact) mass is 456 g/mol. The van der Waals surface area contributed by atoms with Gasteiger partial charge in [0.05, 0.1) is 28.0 Å². The van der Waals surface area contributed by atoms with Crippen molar-refractivity contribution in [2.75, 3.05) is 7.11 Å². The lowest BCUT2D eigenvalue weighted by Gasteiger charge is -2.13. The van der Waals surface area contributed by atoms with Gasteiger partial charge in [0.15, 0.2) is 12.0 Å². The normalized spacial score (nSPS) is 10.3. The highest BCUT2D eigenvalue weighted by Gasteiger charge is 2.14. The fourth-order valence-electron chi connectivity index (χ4n) is 2.09. The van der Waals surface area contributed by atoms with Gasteiger partial charge in [-0.3, -0.25) is 9.59 Å². The Hall–Kier alpha value is -1.86. The van der Waals surface area contributed by atoms with E-state index in [-0.39, 0.29) is 23.7 Å². The van der Waals surface area contributed by atoms with Crippen molar-refractivity contribution < 1.29 is 24.2 Å². The van der Waals surface area contributed by atoms with E-state index in [1.54, 1.807) is 25.1 Å². The summed E-state index contributed by atoms with van der Waals surface area (Å²) >= 11 is 6.82. The average Bonchev–Trinajstić information content (AvgIpc) is 2.53. The summed E-state index contributed by atoms with van der Waals surface area (Å²) in [5.41, 5.74) is 1.44. The van der Waals surface area contributed by atoms with Crippen molar-refractivity contribution in [2.24, 2.45) is 0 Å². The minimum atomic E-state index is -0.341. The lowest BCUT2D eigenvalue weighted by atomic mass is 10.1. The van der Waals surface area contributed by atoms with Crippen molar-refractivity contribution in [1.29, 1.82) is 0 Å². The number of ether oxygens (including phenoxy) is 2. The van der Waals surface area contributed by atoms with E-state index in [0.717, 1.165) is 5.56 Å². The summed E-state index contributed by atoms with van der Waals surface area (Å²) in [6, 6.07) is 6.59. The zero-order valence-corrected chi connectivity index (χ0v) is 16.1. The minimum Gasteiger partial charge on any atom is -0.507 e. The molecule has 0 fully saturated rings. The molecule has 0 heterocycles. The molecule has 1 N–H and O–H groups in total. The third-order valence-corrected chi connectivity index (χ3v) is 4.46. The molecule has 0 aliphatic rings. The van der Waals surface area contributed by atoms with Crippen LogP contribution in [-0.2, 0) is 16.0 Å². The molecule has 2 aromatic carbocycles. The van der Waals surface area contributed by atoms with Gasteiger partial charge in [0, 0.05) is 0 Å². The smallest absolute Gasteiger partial charge is 0.309 e. The number of carbonyl (C=O) groups is 2. The van der Waals surface area contributed by atoms with E-state index in [2.05, 4.69) is 36.6 Å². The highest BCUT2D eigenvalue weighted by Crippen LogP contribution is 2.39. The second-order valence-electron chi connectivity index (χ2n) is 5.04. The van der Waals surface area contributed by atoms with Gasteiger partial charge in [-0.25, -0.2) is 0 Å². The topological polar surface area (TPSA) is 72.8 Å². The Bertz CT molecular complexity index is 779. The van der Waals surface area contributed by atoms with Crippen molar-refractivity contribution >= 4 is 44.1 Å².